The van der Waals surface area contributed by atoms with Crippen LogP contribution in [0.2, 0.25) is 0 Å². The first-order valence-corrected chi connectivity index (χ1v) is 7.98. The monoisotopic (exact) mass is 306 g/mol. The number of aryl methyl sites for hydroxylation is 1. The molecule has 0 aromatic carbocycles. The van der Waals surface area contributed by atoms with Crippen molar-refractivity contribution in [3.8, 4) is 0 Å². The molecule has 1 fully saturated rings. The molecule has 2 heterocycles. The maximum atomic E-state index is 12.6. The van der Waals surface area contributed by atoms with Crippen LogP contribution in [0.4, 0.5) is 0 Å². The van der Waals surface area contributed by atoms with Gasteiger partial charge in [-0.15, -0.1) is 0 Å². The van der Waals surface area contributed by atoms with E-state index in [0.717, 1.165) is 19.4 Å². The Morgan fingerprint density at radius 1 is 1.36 bits per heavy atom. The molecule has 22 heavy (non-hydrogen) atoms. The zero-order chi connectivity index (χ0) is 16.3. The number of nitrogens with zero attached hydrogens (tertiary/aromatic N) is 4. The third kappa shape index (κ3) is 3.55. The standard InChI is InChI=1S/C16H26N4O2/c1-5-6-9-20-15(21)8-7-13(17-20)16(22)19-10-12(2)14(11-19)18(3)4/h7-8,12,14H,5-6,9-11H2,1-4H3/t12-,14+/m1/s1. The van der Waals surface area contributed by atoms with E-state index in [4.69, 9.17) is 0 Å². The van der Waals surface area contributed by atoms with E-state index < -0.39 is 0 Å². The van der Waals surface area contributed by atoms with Crippen LogP contribution < -0.4 is 5.56 Å². The molecule has 0 unspecified atom stereocenters. The van der Waals surface area contributed by atoms with E-state index in [1.54, 1.807) is 6.07 Å². The predicted octanol–water partition coefficient (Wildman–Crippen LogP) is 1.07. The lowest BCUT2D eigenvalue weighted by Crippen LogP contribution is -2.36. The third-order valence-corrected chi connectivity index (χ3v) is 4.33. The van der Waals surface area contributed by atoms with Crippen LogP contribution in [0.5, 0.6) is 0 Å². The van der Waals surface area contributed by atoms with Gasteiger partial charge in [0.2, 0.25) is 0 Å². The zero-order valence-electron chi connectivity index (χ0n) is 14.0. The number of hydrogen-bond donors (Lipinski definition) is 0. The van der Waals surface area contributed by atoms with Crippen molar-refractivity contribution in [3.05, 3.63) is 28.2 Å². The molecule has 0 saturated carbocycles. The van der Waals surface area contributed by atoms with Gasteiger partial charge in [-0.2, -0.15) is 5.10 Å². The number of likely N-dealkylation sites (tertiary alicyclic amines) is 1. The molecule has 1 aliphatic heterocycles. The summed E-state index contributed by atoms with van der Waals surface area (Å²) in [5.41, 5.74) is 0.216. The number of aromatic nitrogens is 2. The van der Waals surface area contributed by atoms with Crippen LogP contribution in [0.25, 0.3) is 0 Å². The summed E-state index contributed by atoms with van der Waals surface area (Å²) >= 11 is 0. The molecule has 0 bridgehead atoms. The van der Waals surface area contributed by atoms with Crippen molar-refractivity contribution < 1.29 is 4.79 Å². The van der Waals surface area contributed by atoms with Gasteiger partial charge in [-0.05, 0) is 32.5 Å². The maximum absolute atomic E-state index is 12.6. The highest BCUT2D eigenvalue weighted by Gasteiger charge is 2.34. The summed E-state index contributed by atoms with van der Waals surface area (Å²) in [6.07, 6.45) is 1.87. The van der Waals surface area contributed by atoms with Crippen molar-refractivity contribution in [3.63, 3.8) is 0 Å². The summed E-state index contributed by atoms with van der Waals surface area (Å²) in [7, 11) is 4.08. The molecule has 6 heteroatoms. The van der Waals surface area contributed by atoms with Gasteiger partial charge in [0.25, 0.3) is 11.5 Å². The molecule has 1 amide bonds. The molecule has 6 nitrogen and oxygen atoms in total. The van der Waals surface area contributed by atoms with Crippen LogP contribution in [0, 0.1) is 5.92 Å². The number of carbonyl (C=O) groups excluding carboxylic acids is 1. The van der Waals surface area contributed by atoms with Crippen LogP contribution >= 0.6 is 0 Å². The van der Waals surface area contributed by atoms with Crippen molar-refractivity contribution in [1.29, 1.82) is 0 Å². The Morgan fingerprint density at radius 2 is 2.09 bits per heavy atom. The second-order valence-corrected chi connectivity index (χ2v) is 6.35. The van der Waals surface area contributed by atoms with Crippen molar-refractivity contribution in [2.24, 2.45) is 5.92 Å². The normalized spacial score (nSPS) is 21.6. The van der Waals surface area contributed by atoms with E-state index in [-0.39, 0.29) is 11.5 Å². The van der Waals surface area contributed by atoms with Crippen LogP contribution in [0.1, 0.15) is 37.2 Å². The van der Waals surface area contributed by atoms with Crippen LogP contribution in [0.3, 0.4) is 0 Å². The van der Waals surface area contributed by atoms with Crippen LogP contribution in [-0.2, 0) is 6.54 Å². The first-order chi connectivity index (χ1) is 10.4. The Bertz CT molecular complexity index is 582. The summed E-state index contributed by atoms with van der Waals surface area (Å²) in [6.45, 7) is 6.23. The highest BCUT2D eigenvalue weighted by atomic mass is 16.2. The quantitative estimate of drug-likeness (QED) is 0.816. The van der Waals surface area contributed by atoms with E-state index in [1.807, 2.05) is 19.0 Å². The van der Waals surface area contributed by atoms with Gasteiger partial charge in [0, 0.05) is 31.7 Å². The van der Waals surface area contributed by atoms with Crippen LogP contribution in [0.15, 0.2) is 16.9 Å². The highest BCUT2D eigenvalue weighted by Crippen LogP contribution is 2.21. The Labute approximate surface area is 131 Å². The number of rotatable bonds is 5. The topological polar surface area (TPSA) is 58.4 Å². The van der Waals surface area contributed by atoms with E-state index >= 15 is 0 Å². The molecule has 1 aromatic rings. The van der Waals surface area contributed by atoms with Gasteiger partial charge in [0.05, 0.1) is 0 Å². The summed E-state index contributed by atoms with van der Waals surface area (Å²) in [4.78, 5) is 28.4. The molecule has 1 aromatic heterocycles. The maximum Gasteiger partial charge on any atom is 0.274 e. The fourth-order valence-electron chi connectivity index (χ4n) is 2.98. The predicted molar refractivity (Wildman–Crippen MR) is 85.9 cm³/mol. The molecule has 1 aliphatic rings. The molecule has 0 N–H and O–H groups in total. The zero-order valence-corrected chi connectivity index (χ0v) is 14.0. The summed E-state index contributed by atoms with van der Waals surface area (Å²) in [5.74, 6) is 0.353. The Kier molecular flexibility index (Phi) is 5.34. The molecule has 1 saturated heterocycles. The lowest BCUT2D eigenvalue weighted by atomic mass is 10.1. The van der Waals surface area contributed by atoms with E-state index in [9.17, 15) is 9.59 Å². The van der Waals surface area contributed by atoms with E-state index in [2.05, 4.69) is 23.8 Å². The minimum atomic E-state index is -0.147. The first kappa shape index (κ1) is 16.7. The summed E-state index contributed by atoms with van der Waals surface area (Å²) in [5, 5.41) is 4.25. The van der Waals surface area contributed by atoms with Gasteiger partial charge in [-0.25, -0.2) is 4.68 Å². The fraction of sp³-hybridized carbons (Fsp3) is 0.688. The second kappa shape index (κ2) is 7.05. The molecular formula is C16H26N4O2. The molecule has 122 valence electrons. The van der Waals surface area contributed by atoms with Gasteiger partial charge in [0.1, 0.15) is 5.69 Å². The SMILES string of the molecule is CCCCn1nc(C(=O)N2C[C@@H](C)[C@@H](N(C)C)C2)ccc1=O. The van der Waals surface area contributed by atoms with Gasteiger partial charge in [0.15, 0.2) is 0 Å². The number of unbranched alkanes of at least 4 members (excludes halogenated alkanes) is 1. The minimum Gasteiger partial charge on any atom is -0.335 e. The summed E-state index contributed by atoms with van der Waals surface area (Å²) < 4.78 is 1.40. The van der Waals surface area contributed by atoms with Gasteiger partial charge in [-0.3, -0.25) is 9.59 Å². The average Bonchev–Trinajstić information content (AvgIpc) is 2.88. The third-order valence-electron chi connectivity index (χ3n) is 4.33. The first-order valence-electron chi connectivity index (χ1n) is 7.98. The molecule has 2 atom stereocenters. The van der Waals surface area contributed by atoms with E-state index in [1.165, 1.54) is 10.7 Å². The van der Waals surface area contributed by atoms with Crippen molar-refractivity contribution >= 4 is 5.91 Å². The molecule has 0 radical (unpaired) electrons. The lowest BCUT2D eigenvalue weighted by molar-refractivity contribution is 0.0772. The highest BCUT2D eigenvalue weighted by molar-refractivity contribution is 5.92. The van der Waals surface area contributed by atoms with E-state index in [0.29, 0.717) is 30.7 Å². The number of likely N-dealkylation sites (N-methyl/N-ethyl adjacent to an activating group) is 1. The van der Waals surface area contributed by atoms with Crippen molar-refractivity contribution in [2.45, 2.75) is 39.3 Å². The molecule has 2 rings (SSSR count). The smallest absolute Gasteiger partial charge is 0.274 e. The minimum absolute atomic E-state index is 0.0820. The number of hydrogen-bond acceptors (Lipinski definition) is 4. The Hall–Kier alpha value is -1.69. The Morgan fingerprint density at radius 3 is 2.68 bits per heavy atom. The number of amides is 1. The second-order valence-electron chi connectivity index (χ2n) is 6.35. The van der Waals surface area contributed by atoms with Crippen molar-refractivity contribution in [1.82, 2.24) is 19.6 Å². The lowest BCUT2D eigenvalue weighted by Gasteiger charge is -2.22. The summed E-state index contributed by atoms with van der Waals surface area (Å²) in [6, 6.07) is 3.36. The molecule has 0 aliphatic carbocycles. The van der Waals surface area contributed by atoms with Crippen molar-refractivity contribution in [2.75, 3.05) is 27.2 Å². The molecule has 0 spiro atoms. The van der Waals surface area contributed by atoms with Gasteiger partial charge >= 0.3 is 0 Å². The Balaban J connectivity index is 2.15. The largest absolute Gasteiger partial charge is 0.335 e. The van der Waals surface area contributed by atoms with Gasteiger partial charge in [-0.1, -0.05) is 20.3 Å². The number of carbonyl (C=O) groups is 1. The fourth-order valence-corrected chi connectivity index (χ4v) is 2.98. The van der Waals surface area contributed by atoms with Crippen LogP contribution in [-0.4, -0.2) is 58.7 Å². The molecular weight excluding hydrogens is 280 g/mol. The van der Waals surface area contributed by atoms with Gasteiger partial charge < -0.3 is 9.80 Å². The average molecular weight is 306 g/mol.